The molecule has 1 aromatic carbocycles. The van der Waals surface area contributed by atoms with Gasteiger partial charge in [0.15, 0.2) is 11.6 Å². The first-order chi connectivity index (χ1) is 10.5. The molecular weight excluding hydrogens is 294 g/mol. The van der Waals surface area contributed by atoms with Crippen LogP contribution in [-0.4, -0.2) is 25.0 Å². The first kappa shape index (κ1) is 17.6. The number of unbranched alkanes of at least 4 members (excludes halogenated alkanes) is 2. The predicted octanol–water partition coefficient (Wildman–Crippen LogP) is 2.32. The molecule has 0 unspecified atom stereocenters. The van der Waals surface area contributed by atoms with Crippen LogP contribution >= 0.6 is 0 Å². The molecule has 0 saturated heterocycles. The zero-order valence-corrected chi connectivity index (χ0v) is 12.1. The number of carbonyl (C=O) groups is 2. The van der Waals surface area contributed by atoms with Crippen molar-refractivity contribution >= 4 is 11.9 Å². The fourth-order valence-corrected chi connectivity index (χ4v) is 1.86. The van der Waals surface area contributed by atoms with Gasteiger partial charge in [-0.05, 0) is 31.4 Å². The number of rotatable bonds is 7. The summed E-state index contributed by atoms with van der Waals surface area (Å²) in [6, 6.07) is 4.22. The number of benzene rings is 1. The molecule has 1 aromatic rings. The molecule has 0 spiro atoms. The summed E-state index contributed by atoms with van der Waals surface area (Å²) >= 11 is 0. The van der Waals surface area contributed by atoms with Gasteiger partial charge < -0.3 is 10.1 Å². The van der Waals surface area contributed by atoms with Gasteiger partial charge in [0.25, 0.3) is 5.91 Å². The third-order valence-electron chi connectivity index (χ3n) is 3.02. The lowest BCUT2D eigenvalue weighted by molar-refractivity contribution is -0.143. The van der Waals surface area contributed by atoms with E-state index in [0.717, 1.165) is 12.1 Å². The zero-order chi connectivity index (χ0) is 16.5. The zero-order valence-electron chi connectivity index (χ0n) is 12.1. The maximum absolute atomic E-state index is 13.5. The maximum Gasteiger partial charge on any atom is 0.328 e. The third kappa shape index (κ3) is 4.81. The van der Waals surface area contributed by atoms with E-state index >= 15 is 0 Å². The number of ether oxygens (including phenoxy) is 1. The average Bonchev–Trinajstić information content (AvgIpc) is 2.52. The third-order valence-corrected chi connectivity index (χ3v) is 3.02. The number of nitrogens with zero attached hydrogens (tertiary/aromatic N) is 1. The van der Waals surface area contributed by atoms with Crippen molar-refractivity contribution < 1.29 is 23.1 Å². The van der Waals surface area contributed by atoms with Crippen LogP contribution in [0.3, 0.4) is 0 Å². The fourth-order valence-electron chi connectivity index (χ4n) is 1.86. The summed E-state index contributed by atoms with van der Waals surface area (Å²) in [7, 11) is 1.17. The van der Waals surface area contributed by atoms with Crippen molar-refractivity contribution in [2.24, 2.45) is 0 Å². The monoisotopic (exact) mass is 310 g/mol. The molecule has 1 N–H and O–H groups in total. The van der Waals surface area contributed by atoms with Crippen LogP contribution in [0.4, 0.5) is 8.78 Å². The number of nitriles is 1. The molecule has 7 heteroatoms. The van der Waals surface area contributed by atoms with Gasteiger partial charge in [0.05, 0.1) is 18.7 Å². The van der Waals surface area contributed by atoms with Gasteiger partial charge >= 0.3 is 5.97 Å². The first-order valence-corrected chi connectivity index (χ1v) is 6.71. The maximum atomic E-state index is 13.5. The van der Waals surface area contributed by atoms with Crippen molar-refractivity contribution in [1.82, 2.24) is 5.32 Å². The summed E-state index contributed by atoms with van der Waals surface area (Å²) in [6.07, 6.45) is 1.66. The lowest BCUT2D eigenvalue weighted by Crippen LogP contribution is -2.41. The summed E-state index contributed by atoms with van der Waals surface area (Å²) in [5.41, 5.74) is -0.481. The second-order valence-electron chi connectivity index (χ2n) is 4.55. The van der Waals surface area contributed by atoms with Gasteiger partial charge in [0, 0.05) is 6.42 Å². The van der Waals surface area contributed by atoms with E-state index in [9.17, 15) is 18.4 Å². The molecule has 0 saturated carbocycles. The van der Waals surface area contributed by atoms with Gasteiger partial charge in [-0.1, -0.05) is 6.07 Å². The smallest absolute Gasteiger partial charge is 0.328 e. The van der Waals surface area contributed by atoms with E-state index in [1.807, 2.05) is 6.07 Å². The molecular formula is C15H16F2N2O3. The van der Waals surface area contributed by atoms with Crippen molar-refractivity contribution in [3.05, 3.63) is 35.4 Å². The molecule has 0 fully saturated rings. The molecule has 0 heterocycles. The number of carbonyl (C=O) groups excluding carboxylic acids is 2. The summed E-state index contributed by atoms with van der Waals surface area (Å²) < 4.78 is 31.2. The van der Waals surface area contributed by atoms with Crippen LogP contribution < -0.4 is 5.32 Å². The summed E-state index contributed by atoms with van der Waals surface area (Å²) in [5.74, 6) is -3.99. The normalized spacial score (nSPS) is 11.4. The molecule has 1 atom stereocenters. The van der Waals surface area contributed by atoms with Crippen LogP contribution in [0.25, 0.3) is 0 Å². The molecule has 0 aromatic heterocycles. The number of nitrogens with one attached hydrogen (secondary N) is 1. The highest BCUT2D eigenvalue weighted by Gasteiger charge is 2.23. The first-order valence-electron chi connectivity index (χ1n) is 6.71. The molecule has 0 aliphatic rings. The van der Waals surface area contributed by atoms with Crippen LogP contribution in [0.15, 0.2) is 18.2 Å². The lowest BCUT2D eigenvalue weighted by Gasteiger charge is -2.16. The number of hydrogen-bond donors (Lipinski definition) is 1. The van der Waals surface area contributed by atoms with Gasteiger partial charge in [-0.2, -0.15) is 5.26 Å². The molecule has 22 heavy (non-hydrogen) atoms. The Morgan fingerprint density at radius 1 is 1.36 bits per heavy atom. The van der Waals surface area contributed by atoms with Crippen LogP contribution in [0.1, 0.15) is 36.0 Å². The van der Waals surface area contributed by atoms with Gasteiger partial charge in [-0.3, -0.25) is 4.79 Å². The van der Waals surface area contributed by atoms with Crippen LogP contribution in [0.2, 0.25) is 0 Å². The second-order valence-corrected chi connectivity index (χ2v) is 4.55. The number of amides is 1. The lowest BCUT2D eigenvalue weighted by atomic mass is 10.1. The van der Waals surface area contributed by atoms with Crippen molar-refractivity contribution in [2.75, 3.05) is 7.11 Å². The molecule has 0 aliphatic carbocycles. The van der Waals surface area contributed by atoms with Crippen molar-refractivity contribution in [2.45, 2.75) is 31.7 Å². The Morgan fingerprint density at radius 3 is 2.73 bits per heavy atom. The van der Waals surface area contributed by atoms with E-state index in [1.165, 1.54) is 13.2 Å². The molecule has 1 rings (SSSR count). The Hall–Kier alpha value is -2.49. The minimum absolute atomic E-state index is 0.247. The van der Waals surface area contributed by atoms with Crippen LogP contribution in [-0.2, 0) is 9.53 Å². The standard InChI is InChI=1S/C15H16F2N2O3/c1-22-15(21)12(8-3-2-4-9-18)19-14(20)10-6-5-7-11(16)13(10)17/h5-7,12H,2-4,8H2,1H3,(H,19,20)/t12-/m0/s1. The van der Waals surface area contributed by atoms with E-state index in [1.54, 1.807) is 0 Å². The molecule has 5 nitrogen and oxygen atoms in total. The number of hydrogen-bond acceptors (Lipinski definition) is 4. The Morgan fingerprint density at radius 2 is 2.09 bits per heavy atom. The molecule has 0 bridgehead atoms. The van der Waals surface area contributed by atoms with E-state index in [4.69, 9.17) is 5.26 Å². The summed E-state index contributed by atoms with van der Waals surface area (Å²) in [5, 5.41) is 10.8. The molecule has 1 amide bonds. The van der Waals surface area contributed by atoms with Crippen molar-refractivity contribution in [3.63, 3.8) is 0 Å². The Labute approximate surface area is 126 Å². The van der Waals surface area contributed by atoms with Crippen molar-refractivity contribution in [3.8, 4) is 6.07 Å². The number of methoxy groups -OCH3 is 1. The quantitative estimate of drug-likeness (QED) is 0.619. The molecule has 118 valence electrons. The topological polar surface area (TPSA) is 79.2 Å². The summed E-state index contributed by atoms with van der Waals surface area (Å²) in [4.78, 5) is 23.6. The van der Waals surface area contributed by atoms with E-state index in [-0.39, 0.29) is 6.42 Å². The average molecular weight is 310 g/mol. The van der Waals surface area contributed by atoms with E-state index < -0.39 is 35.1 Å². The van der Waals surface area contributed by atoms with Crippen molar-refractivity contribution in [1.29, 1.82) is 5.26 Å². The highest BCUT2D eigenvalue weighted by molar-refractivity contribution is 5.97. The van der Waals surface area contributed by atoms with Crippen LogP contribution in [0, 0.1) is 23.0 Å². The fraction of sp³-hybridized carbons (Fsp3) is 0.400. The predicted molar refractivity (Wildman–Crippen MR) is 73.7 cm³/mol. The van der Waals surface area contributed by atoms with E-state index in [2.05, 4.69) is 10.1 Å². The minimum Gasteiger partial charge on any atom is -0.467 e. The number of halogens is 2. The highest BCUT2D eigenvalue weighted by atomic mass is 19.2. The second kappa shape index (κ2) is 8.72. The van der Waals surface area contributed by atoms with Gasteiger partial charge in [0.1, 0.15) is 6.04 Å². The van der Waals surface area contributed by atoms with Gasteiger partial charge in [-0.25, -0.2) is 13.6 Å². The highest BCUT2D eigenvalue weighted by Crippen LogP contribution is 2.12. The summed E-state index contributed by atoms with van der Waals surface area (Å²) in [6.45, 7) is 0. The SMILES string of the molecule is COC(=O)[C@H](CCCCC#N)NC(=O)c1cccc(F)c1F. The van der Waals surface area contributed by atoms with Gasteiger partial charge in [-0.15, -0.1) is 0 Å². The Bertz CT molecular complexity index is 585. The number of esters is 1. The molecule has 0 radical (unpaired) electrons. The largest absolute Gasteiger partial charge is 0.467 e. The minimum atomic E-state index is -1.27. The van der Waals surface area contributed by atoms with Crippen LogP contribution in [0.5, 0.6) is 0 Å². The Balaban J connectivity index is 2.76. The van der Waals surface area contributed by atoms with E-state index in [0.29, 0.717) is 19.3 Å². The Kier molecular flexibility index (Phi) is 6.96. The van der Waals surface area contributed by atoms with Gasteiger partial charge in [0.2, 0.25) is 0 Å². The molecule has 0 aliphatic heterocycles.